The fraction of sp³-hybridized carbons (Fsp3) is 0.357. The summed E-state index contributed by atoms with van der Waals surface area (Å²) in [6, 6.07) is 5.31. The first-order valence-electron chi connectivity index (χ1n) is 6.35. The molecule has 7 heteroatoms. The molecule has 3 N–H and O–H groups in total. The standard InChI is InChI=1S/C14H19N3O4/c1-9-5-4-6-10(7-9)12(13(19)20)16-11(18)8-15-14(21)17(2)3/h4-7,12H,8H2,1-3H3,(H,15,21)(H,16,18)(H,19,20)/t12-/m1/s1. The van der Waals surface area contributed by atoms with Crippen molar-refractivity contribution in [2.45, 2.75) is 13.0 Å². The summed E-state index contributed by atoms with van der Waals surface area (Å²) >= 11 is 0. The summed E-state index contributed by atoms with van der Waals surface area (Å²) in [7, 11) is 3.08. The summed E-state index contributed by atoms with van der Waals surface area (Å²) in [5.41, 5.74) is 1.38. The van der Waals surface area contributed by atoms with Gasteiger partial charge in [-0.15, -0.1) is 0 Å². The van der Waals surface area contributed by atoms with Gasteiger partial charge in [-0.1, -0.05) is 29.8 Å². The minimum Gasteiger partial charge on any atom is -0.479 e. The molecule has 7 nitrogen and oxygen atoms in total. The zero-order valence-corrected chi connectivity index (χ0v) is 12.2. The first-order valence-corrected chi connectivity index (χ1v) is 6.35. The van der Waals surface area contributed by atoms with Crippen LogP contribution in [0.1, 0.15) is 17.2 Å². The van der Waals surface area contributed by atoms with Crippen molar-refractivity contribution in [2.24, 2.45) is 0 Å². The van der Waals surface area contributed by atoms with Crippen LogP contribution < -0.4 is 10.6 Å². The molecule has 1 aromatic carbocycles. The van der Waals surface area contributed by atoms with Gasteiger partial charge in [0.1, 0.15) is 0 Å². The maximum Gasteiger partial charge on any atom is 0.330 e. The molecule has 0 saturated carbocycles. The third-order valence-corrected chi connectivity index (χ3v) is 2.73. The van der Waals surface area contributed by atoms with Crippen molar-refractivity contribution in [3.63, 3.8) is 0 Å². The molecular formula is C14H19N3O4. The van der Waals surface area contributed by atoms with E-state index in [4.69, 9.17) is 0 Å². The normalized spacial score (nSPS) is 11.4. The Labute approximate surface area is 122 Å². The molecule has 1 aromatic rings. The zero-order chi connectivity index (χ0) is 16.0. The second-order valence-electron chi connectivity index (χ2n) is 4.81. The zero-order valence-electron chi connectivity index (χ0n) is 12.2. The highest BCUT2D eigenvalue weighted by molar-refractivity contribution is 5.88. The van der Waals surface area contributed by atoms with Crippen LogP contribution in [0.4, 0.5) is 4.79 Å². The van der Waals surface area contributed by atoms with Gasteiger partial charge in [0.25, 0.3) is 0 Å². The molecular weight excluding hydrogens is 274 g/mol. The number of carbonyl (C=O) groups is 3. The van der Waals surface area contributed by atoms with Crippen LogP contribution in [-0.2, 0) is 9.59 Å². The molecule has 0 aliphatic carbocycles. The van der Waals surface area contributed by atoms with E-state index in [1.54, 1.807) is 32.3 Å². The van der Waals surface area contributed by atoms with Crippen LogP contribution in [0.5, 0.6) is 0 Å². The summed E-state index contributed by atoms with van der Waals surface area (Å²) in [6.45, 7) is 1.55. The highest BCUT2D eigenvalue weighted by Crippen LogP contribution is 2.14. The summed E-state index contributed by atoms with van der Waals surface area (Å²) < 4.78 is 0. The molecule has 1 rings (SSSR count). The first-order chi connectivity index (χ1) is 9.81. The third kappa shape index (κ3) is 5.13. The monoisotopic (exact) mass is 293 g/mol. The predicted octanol–water partition coefficient (Wildman–Crippen LogP) is 0.508. The highest BCUT2D eigenvalue weighted by atomic mass is 16.4. The molecule has 0 radical (unpaired) electrons. The van der Waals surface area contributed by atoms with Crippen LogP contribution in [0.25, 0.3) is 0 Å². The number of hydrogen-bond donors (Lipinski definition) is 3. The Bertz CT molecular complexity index is 543. The van der Waals surface area contributed by atoms with Gasteiger partial charge in [-0.05, 0) is 12.5 Å². The molecule has 0 bridgehead atoms. The second kappa shape index (κ2) is 7.28. The molecule has 0 heterocycles. The van der Waals surface area contributed by atoms with E-state index in [1.165, 1.54) is 4.90 Å². The van der Waals surface area contributed by atoms with Gasteiger partial charge < -0.3 is 20.6 Å². The molecule has 21 heavy (non-hydrogen) atoms. The summed E-state index contributed by atoms with van der Waals surface area (Å²) in [5, 5.41) is 14.0. The van der Waals surface area contributed by atoms with Crippen molar-refractivity contribution < 1.29 is 19.5 Å². The minimum atomic E-state index is -1.16. The Morgan fingerprint density at radius 1 is 1.29 bits per heavy atom. The Morgan fingerprint density at radius 3 is 2.48 bits per heavy atom. The van der Waals surface area contributed by atoms with E-state index in [0.717, 1.165) is 5.56 Å². The topological polar surface area (TPSA) is 98.7 Å². The van der Waals surface area contributed by atoms with Gasteiger partial charge in [0.05, 0.1) is 6.54 Å². The Hall–Kier alpha value is -2.57. The lowest BCUT2D eigenvalue weighted by atomic mass is 10.0. The quantitative estimate of drug-likeness (QED) is 0.736. The van der Waals surface area contributed by atoms with Gasteiger partial charge in [-0.2, -0.15) is 0 Å². The van der Waals surface area contributed by atoms with E-state index in [2.05, 4.69) is 10.6 Å². The number of urea groups is 1. The average molecular weight is 293 g/mol. The number of nitrogens with one attached hydrogen (secondary N) is 2. The molecule has 114 valence electrons. The van der Waals surface area contributed by atoms with Crippen LogP contribution in [0.2, 0.25) is 0 Å². The summed E-state index contributed by atoms with van der Waals surface area (Å²) in [6.07, 6.45) is 0. The molecule has 0 aromatic heterocycles. The van der Waals surface area contributed by atoms with Crippen molar-refractivity contribution in [1.29, 1.82) is 0 Å². The van der Waals surface area contributed by atoms with Crippen molar-refractivity contribution >= 4 is 17.9 Å². The molecule has 0 unspecified atom stereocenters. The Kier molecular flexibility index (Phi) is 5.71. The highest BCUT2D eigenvalue weighted by Gasteiger charge is 2.22. The fourth-order valence-electron chi connectivity index (χ4n) is 1.66. The van der Waals surface area contributed by atoms with E-state index in [9.17, 15) is 19.5 Å². The molecule has 0 spiro atoms. The van der Waals surface area contributed by atoms with E-state index in [-0.39, 0.29) is 6.54 Å². The van der Waals surface area contributed by atoms with E-state index in [0.29, 0.717) is 5.56 Å². The van der Waals surface area contributed by atoms with E-state index >= 15 is 0 Å². The molecule has 0 aliphatic heterocycles. The van der Waals surface area contributed by atoms with Crippen molar-refractivity contribution in [1.82, 2.24) is 15.5 Å². The second-order valence-corrected chi connectivity index (χ2v) is 4.81. The van der Waals surface area contributed by atoms with E-state index in [1.807, 2.05) is 13.0 Å². The average Bonchev–Trinajstić information content (AvgIpc) is 2.41. The van der Waals surface area contributed by atoms with Crippen molar-refractivity contribution in [3.05, 3.63) is 35.4 Å². The Balaban J connectivity index is 2.69. The molecule has 0 saturated heterocycles. The molecule has 0 fully saturated rings. The first kappa shape index (κ1) is 16.5. The van der Waals surface area contributed by atoms with Gasteiger partial charge in [0.15, 0.2) is 6.04 Å². The summed E-state index contributed by atoms with van der Waals surface area (Å²) in [5.74, 6) is -1.73. The number of nitrogens with zero attached hydrogens (tertiary/aromatic N) is 1. The van der Waals surface area contributed by atoms with Gasteiger partial charge in [0, 0.05) is 14.1 Å². The number of carboxylic acids is 1. The molecule has 0 aliphatic rings. The summed E-state index contributed by atoms with van der Waals surface area (Å²) in [4.78, 5) is 35.6. The lowest BCUT2D eigenvalue weighted by molar-refractivity contribution is -0.141. The number of hydrogen-bond acceptors (Lipinski definition) is 3. The van der Waals surface area contributed by atoms with Crippen LogP contribution in [-0.4, -0.2) is 48.6 Å². The van der Waals surface area contributed by atoms with Crippen molar-refractivity contribution in [2.75, 3.05) is 20.6 Å². The maximum atomic E-state index is 11.7. The maximum absolute atomic E-state index is 11.7. The van der Waals surface area contributed by atoms with Crippen LogP contribution >= 0.6 is 0 Å². The van der Waals surface area contributed by atoms with Crippen LogP contribution in [0.15, 0.2) is 24.3 Å². The number of rotatable bonds is 5. The van der Waals surface area contributed by atoms with Crippen molar-refractivity contribution in [3.8, 4) is 0 Å². The number of benzene rings is 1. The molecule has 3 amide bonds. The number of carboxylic acid groups (broad SMARTS) is 1. The van der Waals surface area contributed by atoms with Gasteiger partial charge in [-0.3, -0.25) is 4.79 Å². The third-order valence-electron chi connectivity index (χ3n) is 2.73. The fourth-order valence-corrected chi connectivity index (χ4v) is 1.66. The number of carbonyl (C=O) groups excluding carboxylic acids is 2. The smallest absolute Gasteiger partial charge is 0.330 e. The Morgan fingerprint density at radius 2 is 1.95 bits per heavy atom. The largest absolute Gasteiger partial charge is 0.479 e. The SMILES string of the molecule is Cc1cccc([C@@H](NC(=O)CNC(=O)N(C)C)C(=O)O)c1. The van der Waals surface area contributed by atoms with Gasteiger partial charge >= 0.3 is 12.0 Å². The lowest BCUT2D eigenvalue weighted by Crippen LogP contribution is -2.43. The lowest BCUT2D eigenvalue weighted by Gasteiger charge is -2.16. The van der Waals surface area contributed by atoms with Crippen LogP contribution in [0, 0.1) is 6.92 Å². The predicted molar refractivity (Wildman–Crippen MR) is 76.8 cm³/mol. The molecule has 1 atom stereocenters. The van der Waals surface area contributed by atoms with E-state index < -0.39 is 23.9 Å². The van der Waals surface area contributed by atoms with Crippen LogP contribution in [0.3, 0.4) is 0 Å². The number of aliphatic carboxylic acids is 1. The minimum absolute atomic E-state index is 0.285. The van der Waals surface area contributed by atoms with Gasteiger partial charge in [-0.25, -0.2) is 9.59 Å². The number of amides is 3. The number of aryl methyl sites for hydroxylation is 1. The van der Waals surface area contributed by atoms with Gasteiger partial charge in [0.2, 0.25) is 5.91 Å².